The number of rotatable bonds is 25. The number of hydrogen-bond acceptors (Lipinski definition) is 13. The van der Waals surface area contributed by atoms with Gasteiger partial charge in [0.15, 0.2) is 17.7 Å². The molecule has 6 aromatic rings. The van der Waals surface area contributed by atoms with Crippen molar-refractivity contribution in [3.63, 3.8) is 0 Å². The molecule has 6 N–H and O–H groups in total. The van der Waals surface area contributed by atoms with Gasteiger partial charge in [-0.15, -0.1) is 0 Å². The lowest BCUT2D eigenvalue weighted by Crippen LogP contribution is -2.45. The molecule has 422 valence electrons. The maximum absolute atomic E-state index is 12.8. The number of esters is 1. The van der Waals surface area contributed by atoms with Gasteiger partial charge in [0.05, 0.1) is 24.4 Å². The van der Waals surface area contributed by atoms with Crippen LogP contribution in [0.1, 0.15) is 119 Å². The molecule has 4 aromatic carbocycles. The van der Waals surface area contributed by atoms with Crippen molar-refractivity contribution in [3.05, 3.63) is 144 Å². The third-order valence-electron chi connectivity index (χ3n) is 12.9. The van der Waals surface area contributed by atoms with Crippen molar-refractivity contribution >= 4 is 46.6 Å². The second kappa shape index (κ2) is 31.1. The van der Waals surface area contributed by atoms with Crippen LogP contribution in [0.15, 0.2) is 122 Å². The van der Waals surface area contributed by atoms with Crippen LogP contribution < -0.4 is 10.6 Å². The number of aromatic amines is 2. The Kier molecular flexibility index (Phi) is 24.5. The minimum atomic E-state index is -1.40. The fourth-order valence-corrected chi connectivity index (χ4v) is 8.87. The fraction of sp³-hybridized carbons (Fsp3) is 0.424. The van der Waals surface area contributed by atoms with Gasteiger partial charge in [0, 0.05) is 31.5 Å². The highest BCUT2D eigenvalue weighted by Crippen LogP contribution is 2.30. The van der Waals surface area contributed by atoms with Crippen molar-refractivity contribution in [2.75, 3.05) is 19.8 Å². The molecule has 2 aromatic heterocycles. The summed E-state index contributed by atoms with van der Waals surface area (Å²) in [4.78, 5) is 72.2. The van der Waals surface area contributed by atoms with Gasteiger partial charge in [-0.1, -0.05) is 137 Å². The van der Waals surface area contributed by atoms with Gasteiger partial charge >= 0.3 is 17.9 Å². The van der Waals surface area contributed by atoms with E-state index in [2.05, 4.69) is 41.5 Å². The number of aliphatic carboxylic acids is 2. The second-order valence-corrected chi connectivity index (χ2v) is 21.5. The number of nitrogens with zero attached hydrogens (tertiary/aromatic N) is 4. The number of carbonyl (C=O) groups is 6. The zero-order valence-corrected chi connectivity index (χ0v) is 46.4. The molecule has 1 saturated heterocycles. The van der Waals surface area contributed by atoms with E-state index >= 15 is 0 Å². The van der Waals surface area contributed by atoms with E-state index in [1.165, 1.54) is 19.3 Å². The Bertz CT molecular complexity index is 2810. The summed E-state index contributed by atoms with van der Waals surface area (Å²) < 4.78 is 16.8. The summed E-state index contributed by atoms with van der Waals surface area (Å²) in [5.41, 5.74) is 3.83. The summed E-state index contributed by atoms with van der Waals surface area (Å²) in [6, 6.07) is 34.9. The van der Waals surface area contributed by atoms with Crippen molar-refractivity contribution in [2.24, 2.45) is 22.7 Å². The molecule has 1 aliphatic rings. The van der Waals surface area contributed by atoms with Crippen molar-refractivity contribution in [3.8, 4) is 22.3 Å². The van der Waals surface area contributed by atoms with Crippen LogP contribution in [0.25, 0.3) is 22.3 Å². The molecule has 0 radical (unpaired) electrons. The van der Waals surface area contributed by atoms with Crippen molar-refractivity contribution < 1.29 is 53.2 Å². The number of H-pyrrole nitrogens is 2. The average molecular weight is 1110 g/mol. The molecule has 0 spiro atoms. The third kappa shape index (κ3) is 21.3. The standard InChI is InChI=1S/2C27H32N4O5.C5H9ClO/c1-27(26(33)34,18-36-24-9-5-6-14-35-24)16-22(29-25(32)23-17-28-31-30-23)15-19-10-12-21(13-11-19)20-7-3-2-4-8-20;1-18(2)13-24(32)36-17-27(3,26(34)35)15-22(29-25(33)23-16-28-31-30-23)14-19-9-11-21(12-10-19)20-7-5-4-6-8-20;1-4(2)3-5(6)7/h2-4,7-8,10-13,17,22,24H,5-6,9,14-16,18H2,1H3,(H,29,32)(H,33,34)(H,28,30,31);4-12,16,18,22H,13-15,17H2,1-3H3,(H,29,33)(H,34,35)(H,28,30,31);4H,3H2,1-2H3/t22-,24?,27+;22-,27+;/m11./s1. The van der Waals surface area contributed by atoms with E-state index in [1.807, 2.05) is 137 Å². The molecule has 2 amide bonds. The molecular formula is C59H73ClN8O11. The topological polar surface area (TPSA) is 278 Å². The van der Waals surface area contributed by atoms with E-state index in [0.717, 1.165) is 52.6 Å². The number of nitrogens with one attached hydrogen (secondary N) is 4. The molecule has 7 rings (SSSR count). The number of aromatic nitrogens is 6. The summed E-state index contributed by atoms with van der Waals surface area (Å²) in [6.45, 7) is 11.2. The Morgan fingerprint density at radius 2 is 1.06 bits per heavy atom. The molecule has 20 heteroatoms. The Balaban J connectivity index is 0.000000259. The van der Waals surface area contributed by atoms with Crippen LogP contribution in [-0.2, 0) is 46.2 Å². The number of carbonyl (C=O) groups excluding carboxylic acids is 4. The Morgan fingerprint density at radius 3 is 1.42 bits per heavy atom. The summed E-state index contributed by atoms with van der Waals surface area (Å²) in [7, 11) is 0. The first kappa shape index (κ1) is 62.2. The first-order valence-electron chi connectivity index (χ1n) is 26.4. The van der Waals surface area contributed by atoms with Crippen LogP contribution in [0.3, 0.4) is 0 Å². The number of halogens is 1. The zero-order valence-electron chi connectivity index (χ0n) is 45.7. The van der Waals surface area contributed by atoms with Crippen LogP contribution in [-0.4, -0.2) is 114 Å². The predicted octanol–water partition coefficient (Wildman–Crippen LogP) is 9.52. The van der Waals surface area contributed by atoms with Crippen LogP contribution in [0.5, 0.6) is 0 Å². The molecule has 0 aliphatic carbocycles. The molecule has 0 bridgehead atoms. The number of benzene rings is 4. The Hall–Kier alpha value is -7.61. The summed E-state index contributed by atoms with van der Waals surface area (Å²) in [5, 5.41) is 45.5. The van der Waals surface area contributed by atoms with Crippen molar-refractivity contribution in [2.45, 2.75) is 118 Å². The highest BCUT2D eigenvalue weighted by molar-refractivity contribution is 6.63. The fourth-order valence-electron chi connectivity index (χ4n) is 8.56. The van der Waals surface area contributed by atoms with Gasteiger partial charge in [-0.05, 0) is 116 Å². The van der Waals surface area contributed by atoms with E-state index in [9.17, 15) is 39.0 Å². The molecule has 19 nitrogen and oxygen atoms in total. The second-order valence-electron chi connectivity index (χ2n) is 21.0. The lowest BCUT2D eigenvalue weighted by atomic mass is 9.82. The van der Waals surface area contributed by atoms with Gasteiger partial charge in [-0.3, -0.25) is 28.8 Å². The predicted molar refractivity (Wildman–Crippen MR) is 297 cm³/mol. The van der Waals surface area contributed by atoms with Crippen molar-refractivity contribution in [1.82, 2.24) is 41.5 Å². The molecule has 1 aliphatic heterocycles. The third-order valence-corrected chi connectivity index (χ3v) is 13.1. The van der Waals surface area contributed by atoms with Crippen LogP contribution in [0, 0.1) is 22.7 Å². The van der Waals surface area contributed by atoms with Gasteiger partial charge in [0.25, 0.3) is 11.8 Å². The van der Waals surface area contributed by atoms with Gasteiger partial charge < -0.3 is 35.1 Å². The zero-order chi connectivity index (χ0) is 57.4. The average Bonchev–Trinajstić information content (AvgIpc) is 4.19. The maximum Gasteiger partial charge on any atom is 0.312 e. The van der Waals surface area contributed by atoms with Crippen LogP contribution in [0.4, 0.5) is 0 Å². The monoisotopic (exact) mass is 1100 g/mol. The normalized spacial score (nSPS) is 15.3. The lowest BCUT2D eigenvalue weighted by molar-refractivity contribution is -0.187. The summed E-state index contributed by atoms with van der Waals surface area (Å²) in [6.07, 6.45) is 6.67. The summed E-state index contributed by atoms with van der Waals surface area (Å²) >= 11 is 5.03. The highest BCUT2D eigenvalue weighted by Gasteiger charge is 2.40. The van der Waals surface area contributed by atoms with Crippen LogP contribution >= 0.6 is 11.6 Å². The lowest BCUT2D eigenvalue weighted by Gasteiger charge is -2.32. The van der Waals surface area contributed by atoms with Gasteiger partial charge in [-0.25, -0.2) is 0 Å². The first-order chi connectivity index (χ1) is 37.7. The van der Waals surface area contributed by atoms with Gasteiger partial charge in [-0.2, -0.15) is 30.8 Å². The number of ether oxygens (including phenoxy) is 3. The smallest absolute Gasteiger partial charge is 0.312 e. The van der Waals surface area contributed by atoms with E-state index in [0.29, 0.717) is 31.8 Å². The Labute approximate surface area is 466 Å². The highest BCUT2D eigenvalue weighted by atomic mass is 35.5. The van der Waals surface area contributed by atoms with E-state index < -0.39 is 58.9 Å². The molecule has 1 unspecified atom stereocenters. The molecule has 1 fully saturated rings. The number of hydrogen-bond donors (Lipinski definition) is 6. The summed E-state index contributed by atoms with van der Waals surface area (Å²) in [5.74, 6) is -2.94. The SMILES string of the molecule is CC(C)CC(=O)Cl.CC(C)CC(=O)OC[C@](C)(C[C@@H](Cc1ccc(-c2ccccc2)cc1)NC(=O)c1cn[nH]n1)C(=O)O.C[C@@](COC1CCCCO1)(C[C@@H](Cc1ccc(-c2ccccc2)cc1)NC(=O)c1cn[nH]n1)C(=O)O. The molecular weight excluding hydrogens is 1030 g/mol. The largest absolute Gasteiger partial charge is 0.481 e. The molecule has 79 heavy (non-hydrogen) atoms. The number of carboxylic acids is 2. The Morgan fingerprint density at radius 1 is 0.633 bits per heavy atom. The minimum absolute atomic E-state index is 0.0176. The maximum atomic E-state index is 12.8. The molecule has 3 heterocycles. The number of carboxylic acid groups (broad SMARTS) is 2. The van der Waals surface area contributed by atoms with Crippen molar-refractivity contribution in [1.29, 1.82) is 0 Å². The quantitative estimate of drug-likeness (QED) is 0.0230. The van der Waals surface area contributed by atoms with E-state index in [-0.39, 0.29) is 55.0 Å². The minimum Gasteiger partial charge on any atom is -0.481 e. The first-order valence-corrected chi connectivity index (χ1v) is 26.8. The number of amides is 2. The molecule has 0 saturated carbocycles. The van der Waals surface area contributed by atoms with Gasteiger partial charge in [0.1, 0.15) is 12.0 Å². The van der Waals surface area contributed by atoms with E-state index in [1.54, 1.807) is 6.92 Å². The van der Waals surface area contributed by atoms with E-state index in [4.69, 9.17) is 25.8 Å². The van der Waals surface area contributed by atoms with Crippen LogP contribution in [0.2, 0.25) is 0 Å². The van der Waals surface area contributed by atoms with Gasteiger partial charge in [0.2, 0.25) is 5.24 Å². The molecule has 5 atom stereocenters.